The Bertz CT molecular complexity index is 1420. The second-order valence-corrected chi connectivity index (χ2v) is 12.0. The van der Waals surface area contributed by atoms with Gasteiger partial charge in [0.05, 0.1) is 16.6 Å². The highest BCUT2D eigenvalue weighted by Gasteiger charge is 2.58. The zero-order valence-electron chi connectivity index (χ0n) is 20.0. The SMILES string of the molecule is Cc1ncc(-c2cc(CCC(=O)[C@@H]3C4CC(C4)N3S(=O)(=O)c3ccc(F)cc3)cc(C3CC3)n2)cn1. The first-order chi connectivity index (χ1) is 17.3. The number of carbonyl (C=O) groups excluding carboxylic acids is 1. The van der Waals surface area contributed by atoms with Gasteiger partial charge < -0.3 is 0 Å². The van der Waals surface area contributed by atoms with E-state index in [4.69, 9.17) is 4.98 Å². The summed E-state index contributed by atoms with van der Waals surface area (Å²) in [4.78, 5) is 26.8. The van der Waals surface area contributed by atoms with E-state index in [0.717, 1.165) is 47.5 Å². The van der Waals surface area contributed by atoms with Crippen LogP contribution in [-0.4, -0.2) is 45.5 Å². The monoisotopic (exact) mass is 506 g/mol. The van der Waals surface area contributed by atoms with Crippen molar-refractivity contribution in [3.63, 3.8) is 0 Å². The van der Waals surface area contributed by atoms with Gasteiger partial charge in [0.25, 0.3) is 0 Å². The van der Waals surface area contributed by atoms with Crippen LogP contribution in [0, 0.1) is 18.7 Å². The van der Waals surface area contributed by atoms with Gasteiger partial charge in [-0.2, -0.15) is 4.31 Å². The molecule has 4 aliphatic rings. The third-order valence-corrected chi connectivity index (χ3v) is 9.53. The maximum absolute atomic E-state index is 13.4. The topological polar surface area (TPSA) is 93.1 Å². The molecular formula is C27H27FN4O3S. The van der Waals surface area contributed by atoms with E-state index in [1.807, 2.05) is 13.0 Å². The van der Waals surface area contributed by atoms with Crippen LogP contribution in [0.25, 0.3) is 11.3 Å². The summed E-state index contributed by atoms with van der Waals surface area (Å²) in [5.74, 6) is 0.641. The Labute approximate surface area is 209 Å². The predicted molar refractivity (Wildman–Crippen MR) is 131 cm³/mol. The minimum Gasteiger partial charge on any atom is -0.298 e. The van der Waals surface area contributed by atoms with Gasteiger partial charge in [-0.1, -0.05) is 0 Å². The van der Waals surface area contributed by atoms with E-state index in [0.29, 0.717) is 31.0 Å². The first-order valence-corrected chi connectivity index (χ1v) is 13.9. The van der Waals surface area contributed by atoms with E-state index in [1.165, 1.54) is 16.4 Å². The number of carbonyl (C=O) groups is 1. The van der Waals surface area contributed by atoms with Crippen molar-refractivity contribution in [3.05, 3.63) is 71.7 Å². The molecule has 186 valence electrons. The fraction of sp³-hybridized carbons (Fsp3) is 0.407. The number of nitrogens with zero attached hydrogens (tertiary/aromatic N) is 4. The zero-order valence-corrected chi connectivity index (χ0v) is 20.8. The summed E-state index contributed by atoms with van der Waals surface area (Å²) < 4.78 is 41.5. The van der Waals surface area contributed by atoms with E-state index in [-0.39, 0.29) is 29.1 Å². The zero-order chi connectivity index (χ0) is 25.0. The first-order valence-electron chi connectivity index (χ1n) is 12.4. The van der Waals surface area contributed by atoms with Gasteiger partial charge in [0.1, 0.15) is 11.6 Å². The standard InChI is InChI=1S/C27H27FN4O3S/c1-16-29-14-20(15-30-16)25-11-17(10-24(31-25)18-3-4-18)2-9-26(33)27-19-12-22(13-19)32(27)36(34,35)23-7-5-21(28)6-8-23/h5-8,10-11,14-15,18-19,22,27H,2-4,9,12-13H2,1H3/t19?,22?,27-/m0/s1. The molecule has 4 heterocycles. The molecule has 0 unspecified atom stereocenters. The maximum atomic E-state index is 13.4. The van der Waals surface area contributed by atoms with Crippen molar-refractivity contribution in [2.45, 2.75) is 68.3 Å². The number of hydrogen-bond donors (Lipinski definition) is 0. The summed E-state index contributed by atoms with van der Waals surface area (Å²) in [6.07, 6.45) is 7.92. The molecule has 1 aromatic carbocycles. The van der Waals surface area contributed by atoms with Crippen LogP contribution in [0.15, 0.2) is 53.7 Å². The molecule has 36 heavy (non-hydrogen) atoms. The average molecular weight is 507 g/mol. The van der Waals surface area contributed by atoms with Gasteiger partial charge in [0.15, 0.2) is 5.78 Å². The Hall–Kier alpha value is -3.04. The van der Waals surface area contributed by atoms with E-state index in [1.54, 1.807) is 12.4 Å². The molecule has 2 bridgehead atoms. The molecule has 0 N–H and O–H groups in total. The minimum absolute atomic E-state index is 0.0300. The predicted octanol–water partition coefficient (Wildman–Crippen LogP) is 4.22. The number of benzene rings is 1. The van der Waals surface area contributed by atoms with Crippen molar-refractivity contribution in [2.24, 2.45) is 5.92 Å². The normalized spacial score (nSPS) is 23.4. The molecule has 9 heteroatoms. The smallest absolute Gasteiger partial charge is 0.243 e. The third-order valence-electron chi connectivity index (χ3n) is 7.59. The lowest BCUT2D eigenvalue weighted by Crippen LogP contribution is -2.41. The minimum atomic E-state index is -3.87. The van der Waals surface area contributed by atoms with Crippen LogP contribution in [0.3, 0.4) is 0 Å². The molecular weight excluding hydrogens is 479 g/mol. The van der Waals surface area contributed by atoms with Crippen molar-refractivity contribution in [1.29, 1.82) is 0 Å². The molecule has 2 saturated heterocycles. The molecule has 7 nitrogen and oxygen atoms in total. The number of Topliss-reactive ketones (excluding diaryl/α,β-unsaturated/α-hetero) is 1. The van der Waals surface area contributed by atoms with Crippen LogP contribution in [0.4, 0.5) is 4.39 Å². The molecule has 0 radical (unpaired) electrons. The number of sulfonamides is 1. The van der Waals surface area contributed by atoms with Crippen molar-refractivity contribution >= 4 is 15.8 Å². The lowest BCUT2D eigenvalue weighted by molar-refractivity contribution is -0.122. The largest absolute Gasteiger partial charge is 0.298 e. The number of aryl methyl sites for hydroxylation is 2. The number of ketones is 1. The van der Waals surface area contributed by atoms with Gasteiger partial charge in [0, 0.05) is 42.0 Å². The van der Waals surface area contributed by atoms with Gasteiger partial charge in [0.2, 0.25) is 10.0 Å². The average Bonchev–Trinajstić information content (AvgIpc) is 3.53. The summed E-state index contributed by atoms with van der Waals surface area (Å²) in [5.41, 5.74) is 3.67. The van der Waals surface area contributed by atoms with E-state index in [9.17, 15) is 17.6 Å². The van der Waals surface area contributed by atoms with Gasteiger partial charge in [-0.05, 0) is 86.9 Å². The van der Waals surface area contributed by atoms with Crippen LogP contribution in [0.1, 0.15) is 55.1 Å². The Kier molecular flexibility index (Phi) is 5.72. The fourth-order valence-electron chi connectivity index (χ4n) is 5.44. The summed E-state index contributed by atoms with van der Waals surface area (Å²) in [7, 11) is -3.87. The van der Waals surface area contributed by atoms with E-state index >= 15 is 0 Å². The highest BCUT2D eigenvalue weighted by molar-refractivity contribution is 7.89. The number of hydrogen-bond acceptors (Lipinski definition) is 6. The Morgan fingerprint density at radius 1 is 1.08 bits per heavy atom. The highest BCUT2D eigenvalue weighted by Crippen LogP contribution is 2.49. The molecule has 2 saturated carbocycles. The third kappa shape index (κ3) is 4.24. The molecule has 2 aromatic heterocycles. The van der Waals surface area contributed by atoms with Crippen molar-refractivity contribution < 1.29 is 17.6 Å². The lowest BCUT2D eigenvalue weighted by Gasteiger charge is -2.25. The van der Waals surface area contributed by atoms with Crippen molar-refractivity contribution in [2.75, 3.05) is 0 Å². The molecule has 4 fully saturated rings. The van der Waals surface area contributed by atoms with Crippen LogP contribution in [0.5, 0.6) is 0 Å². The van der Waals surface area contributed by atoms with Crippen LogP contribution < -0.4 is 0 Å². The number of halogens is 1. The molecule has 2 aliphatic heterocycles. The molecule has 0 spiro atoms. The number of aromatic nitrogens is 3. The highest BCUT2D eigenvalue weighted by atomic mass is 32.2. The number of pyridine rings is 1. The number of rotatable bonds is 8. The van der Waals surface area contributed by atoms with Gasteiger partial charge in [-0.15, -0.1) is 0 Å². The molecule has 0 amide bonds. The fourth-order valence-corrected chi connectivity index (χ4v) is 7.32. The maximum Gasteiger partial charge on any atom is 0.243 e. The van der Waals surface area contributed by atoms with Crippen LogP contribution in [-0.2, 0) is 21.2 Å². The molecule has 7 rings (SSSR count). The van der Waals surface area contributed by atoms with Gasteiger partial charge in [-0.3, -0.25) is 9.78 Å². The summed E-state index contributed by atoms with van der Waals surface area (Å²) in [5, 5.41) is 0. The Morgan fingerprint density at radius 2 is 1.78 bits per heavy atom. The summed E-state index contributed by atoms with van der Waals surface area (Å²) in [6.45, 7) is 1.84. The van der Waals surface area contributed by atoms with Crippen molar-refractivity contribution in [3.8, 4) is 11.3 Å². The van der Waals surface area contributed by atoms with Crippen LogP contribution >= 0.6 is 0 Å². The lowest BCUT2D eigenvalue weighted by atomic mass is 9.81. The molecule has 3 aromatic rings. The first kappa shape index (κ1) is 23.4. The Morgan fingerprint density at radius 3 is 2.44 bits per heavy atom. The molecule has 1 atom stereocenters. The second kappa shape index (κ2) is 8.81. The summed E-state index contributed by atoms with van der Waals surface area (Å²) >= 11 is 0. The quantitative estimate of drug-likeness (QED) is 0.454. The van der Waals surface area contributed by atoms with E-state index < -0.39 is 21.9 Å². The van der Waals surface area contributed by atoms with E-state index in [2.05, 4.69) is 16.0 Å². The summed E-state index contributed by atoms with van der Waals surface area (Å²) in [6, 6.07) is 8.07. The Balaban J connectivity index is 1.22. The molecule has 2 aliphatic carbocycles. The van der Waals surface area contributed by atoms with Gasteiger partial charge >= 0.3 is 0 Å². The second-order valence-electron chi connectivity index (χ2n) is 10.2. The van der Waals surface area contributed by atoms with Crippen LogP contribution in [0.2, 0.25) is 0 Å². The number of fused-ring (bicyclic) bond motifs is 1. The van der Waals surface area contributed by atoms with Gasteiger partial charge in [-0.25, -0.2) is 22.8 Å². The van der Waals surface area contributed by atoms with Crippen molar-refractivity contribution in [1.82, 2.24) is 19.3 Å².